The Bertz CT molecular complexity index is 1470. The van der Waals surface area contributed by atoms with Gasteiger partial charge in [0.15, 0.2) is 5.75 Å². The first-order chi connectivity index (χ1) is 17.8. The Morgan fingerprint density at radius 3 is 2.21 bits per heavy atom. The largest absolute Gasteiger partial charge is 0.494 e. The van der Waals surface area contributed by atoms with Crippen LogP contribution in [0, 0.1) is 6.92 Å². The Morgan fingerprint density at radius 1 is 1.00 bits per heavy atom. The quantitative estimate of drug-likeness (QED) is 0.332. The second kappa shape index (κ2) is 13.2. The van der Waals surface area contributed by atoms with Crippen molar-refractivity contribution in [3.05, 3.63) is 49.9 Å². The number of hydrogen-bond acceptors (Lipinski definition) is 12. The van der Waals surface area contributed by atoms with Crippen molar-refractivity contribution in [3.8, 4) is 11.8 Å². The number of aryl methyl sites for hydroxylation is 1. The smallest absolute Gasteiger partial charge is 0.349 e. The molecular weight excluding hydrogens is 589 g/mol. The second-order valence-electron chi connectivity index (χ2n) is 6.60. The van der Waals surface area contributed by atoms with Gasteiger partial charge in [0.25, 0.3) is 10.0 Å². The molecule has 0 saturated carbocycles. The summed E-state index contributed by atoms with van der Waals surface area (Å²) in [6.45, 7) is 1.54. The number of carboxylic acids is 1. The number of ether oxygens (including phenoxy) is 3. The molecule has 0 spiro atoms. The summed E-state index contributed by atoms with van der Waals surface area (Å²) in [5, 5.41) is 12.7. The van der Waals surface area contributed by atoms with Crippen molar-refractivity contribution in [1.29, 1.82) is 0 Å². The summed E-state index contributed by atoms with van der Waals surface area (Å²) in [6, 6.07) is 2.92. The van der Waals surface area contributed by atoms with Crippen molar-refractivity contribution in [2.75, 3.05) is 26.6 Å². The summed E-state index contributed by atoms with van der Waals surface area (Å²) >= 11 is 12.2. The highest BCUT2D eigenvalue weighted by Crippen LogP contribution is 2.33. The lowest BCUT2D eigenvalue weighted by Crippen LogP contribution is -2.35. The first kappa shape index (κ1) is 30.5. The van der Waals surface area contributed by atoms with E-state index in [9.17, 15) is 22.8 Å². The number of hydrogen-bond donors (Lipinski definition) is 3. The van der Waals surface area contributed by atoms with Gasteiger partial charge in [0.2, 0.25) is 5.95 Å². The molecule has 0 radical (unpaired) electrons. The Kier molecular flexibility index (Phi) is 10.6. The molecule has 1 aromatic carbocycles. The summed E-state index contributed by atoms with van der Waals surface area (Å²) < 4.78 is 40.5. The van der Waals surface area contributed by atoms with Crippen LogP contribution in [0.25, 0.3) is 0 Å². The number of benzene rings is 1. The van der Waals surface area contributed by atoms with E-state index >= 15 is 0 Å². The Hall–Kier alpha value is -3.73. The summed E-state index contributed by atoms with van der Waals surface area (Å²) in [5.41, 5.74) is -0.114. The van der Waals surface area contributed by atoms with Gasteiger partial charge in [0.1, 0.15) is 21.2 Å². The average molecular weight is 608 g/mol. The molecule has 3 rings (SSSR count). The predicted molar refractivity (Wildman–Crippen MR) is 136 cm³/mol. The third kappa shape index (κ3) is 7.64. The fraction of sp³-hybridized carbons (Fsp3) is 0.200. The van der Waals surface area contributed by atoms with Gasteiger partial charge >= 0.3 is 24.0 Å². The van der Waals surface area contributed by atoms with Crippen LogP contribution in [0.5, 0.6) is 11.8 Å². The molecule has 18 heteroatoms. The predicted octanol–water partition coefficient (Wildman–Crippen LogP) is 3.25. The monoisotopic (exact) mass is 607 g/mol. The van der Waals surface area contributed by atoms with Gasteiger partial charge in [-0.15, -0.1) is 11.3 Å². The van der Waals surface area contributed by atoms with Crippen LogP contribution in [0.2, 0.25) is 10.0 Å². The number of methoxy groups -OCH3 is 3. The molecule has 2 heterocycles. The molecule has 38 heavy (non-hydrogen) atoms. The normalized spacial score (nSPS) is 10.5. The zero-order valence-corrected chi connectivity index (χ0v) is 23.1. The van der Waals surface area contributed by atoms with Crippen LogP contribution in [0.1, 0.15) is 25.9 Å². The maximum absolute atomic E-state index is 12.3. The van der Waals surface area contributed by atoms with Crippen LogP contribution in [0.4, 0.5) is 10.7 Å². The molecule has 0 aliphatic heterocycles. The van der Waals surface area contributed by atoms with Gasteiger partial charge in [-0.1, -0.05) is 23.2 Å². The number of rotatable bonds is 7. The number of carboxylic acid groups (broad SMARTS) is 1. The van der Waals surface area contributed by atoms with Gasteiger partial charge in [0, 0.05) is 0 Å². The number of urea groups is 1. The topological polar surface area (TPSA) is 196 Å². The number of aromatic carboxylic acids is 1. The van der Waals surface area contributed by atoms with E-state index in [1.165, 1.54) is 44.7 Å². The van der Waals surface area contributed by atoms with E-state index in [1.54, 1.807) is 4.72 Å². The molecule has 2 amide bonds. The van der Waals surface area contributed by atoms with Crippen LogP contribution in [0.15, 0.2) is 28.5 Å². The molecular formula is C20H19Cl2N5O9S2. The van der Waals surface area contributed by atoms with Crippen LogP contribution in [-0.2, 0) is 14.8 Å². The minimum Gasteiger partial charge on any atom is -0.494 e. The van der Waals surface area contributed by atoms with Crippen molar-refractivity contribution >= 4 is 68.5 Å². The van der Waals surface area contributed by atoms with Crippen LogP contribution in [-0.4, -0.2) is 67.8 Å². The van der Waals surface area contributed by atoms with Crippen molar-refractivity contribution < 1.29 is 42.1 Å². The lowest BCUT2D eigenvalue weighted by molar-refractivity contribution is 0.0601. The summed E-state index contributed by atoms with van der Waals surface area (Å²) in [5.74, 6) is -1.84. The maximum Gasteiger partial charge on any atom is 0.349 e. The first-order valence-corrected chi connectivity index (χ1v) is 13.0. The number of aromatic nitrogens is 3. The van der Waals surface area contributed by atoms with E-state index < -0.39 is 28.0 Å². The lowest BCUT2D eigenvalue weighted by atomic mass is 10.2. The number of nitrogens with one attached hydrogen (secondary N) is 2. The van der Waals surface area contributed by atoms with Crippen LogP contribution < -0.4 is 19.5 Å². The molecule has 0 atom stereocenters. The number of sulfonamides is 1. The van der Waals surface area contributed by atoms with E-state index in [0.717, 1.165) is 18.4 Å². The van der Waals surface area contributed by atoms with Gasteiger partial charge in [-0.3, -0.25) is 5.32 Å². The van der Waals surface area contributed by atoms with E-state index in [1.807, 2.05) is 0 Å². The number of carbonyl (C=O) groups is 3. The van der Waals surface area contributed by atoms with E-state index in [-0.39, 0.29) is 48.9 Å². The lowest BCUT2D eigenvalue weighted by Gasteiger charge is -2.08. The fourth-order valence-corrected chi connectivity index (χ4v) is 5.30. The molecule has 0 aliphatic carbocycles. The second-order valence-corrected chi connectivity index (χ2v) is 9.98. The summed E-state index contributed by atoms with van der Waals surface area (Å²) in [6.07, 6.45) is 0. The molecule has 0 unspecified atom stereocenters. The summed E-state index contributed by atoms with van der Waals surface area (Å²) in [7, 11) is -0.518. The standard InChI is InChI=1S/C12H13N5O6S2.C8H6Cl2O3/c1-6-13-10(16-12(14-6)23-3)15-11(19)17-25(20,21)7-4-5-24-8(7)9(18)22-2;1-13-7-5(10)3-2-4(9)6(7)8(11)12/h4-5H,1-3H3,(H2,13,14,15,16,17,19);2-3H,1H3,(H,11,12). The molecule has 3 N–H and O–H groups in total. The highest BCUT2D eigenvalue weighted by Gasteiger charge is 2.26. The number of amides is 2. The number of anilines is 1. The van der Waals surface area contributed by atoms with E-state index in [0.29, 0.717) is 0 Å². The fourth-order valence-electron chi connectivity index (χ4n) is 2.59. The van der Waals surface area contributed by atoms with Gasteiger partial charge in [0.05, 0.1) is 31.4 Å². The zero-order chi connectivity index (χ0) is 28.6. The summed E-state index contributed by atoms with van der Waals surface area (Å²) in [4.78, 5) is 45.1. The molecule has 3 aromatic rings. The highest BCUT2D eigenvalue weighted by molar-refractivity contribution is 7.90. The maximum atomic E-state index is 12.3. The van der Waals surface area contributed by atoms with Crippen LogP contribution in [0.3, 0.4) is 0 Å². The highest BCUT2D eigenvalue weighted by atomic mass is 35.5. The van der Waals surface area contributed by atoms with Crippen molar-refractivity contribution in [2.45, 2.75) is 11.8 Å². The molecule has 0 bridgehead atoms. The average Bonchev–Trinajstić information content (AvgIpc) is 3.35. The number of halogens is 2. The van der Waals surface area contributed by atoms with Gasteiger partial charge in [-0.25, -0.2) is 27.5 Å². The third-order valence-electron chi connectivity index (χ3n) is 4.13. The molecule has 204 valence electrons. The number of nitrogens with zero attached hydrogens (tertiary/aromatic N) is 3. The number of esters is 1. The molecule has 0 fully saturated rings. The number of thiophene rings is 1. The van der Waals surface area contributed by atoms with Crippen molar-refractivity contribution in [3.63, 3.8) is 0 Å². The number of carbonyl (C=O) groups excluding carboxylic acids is 2. The molecule has 14 nitrogen and oxygen atoms in total. The molecule has 0 aliphatic rings. The van der Waals surface area contributed by atoms with Crippen LogP contribution >= 0.6 is 34.5 Å². The van der Waals surface area contributed by atoms with Gasteiger partial charge < -0.3 is 19.3 Å². The minimum absolute atomic E-state index is 0.0449. The van der Waals surface area contributed by atoms with E-state index in [2.05, 4.69) is 25.0 Å². The first-order valence-electron chi connectivity index (χ1n) is 9.86. The Labute approximate surface area is 229 Å². The Balaban J connectivity index is 0.000000328. The van der Waals surface area contributed by atoms with Crippen molar-refractivity contribution in [2.24, 2.45) is 0 Å². The van der Waals surface area contributed by atoms with Gasteiger partial charge in [-0.05, 0) is 30.5 Å². The SMILES string of the molecule is COC(=O)c1sccc1S(=O)(=O)NC(=O)Nc1nc(C)nc(OC)n1.COc1c(Cl)ccc(Cl)c1C(=O)O. The zero-order valence-electron chi connectivity index (χ0n) is 19.9. The van der Waals surface area contributed by atoms with E-state index in [4.69, 9.17) is 37.8 Å². The minimum atomic E-state index is -4.30. The third-order valence-corrected chi connectivity index (χ3v) is 7.14. The van der Waals surface area contributed by atoms with Gasteiger partial charge in [-0.2, -0.15) is 15.0 Å². The molecule has 2 aromatic heterocycles. The van der Waals surface area contributed by atoms with Crippen molar-refractivity contribution in [1.82, 2.24) is 19.7 Å². The Morgan fingerprint density at radius 2 is 1.66 bits per heavy atom. The molecule has 0 saturated heterocycles.